The summed E-state index contributed by atoms with van der Waals surface area (Å²) in [5, 5.41) is 2.87. The summed E-state index contributed by atoms with van der Waals surface area (Å²) in [7, 11) is 0. The number of carbonyl (C=O) groups excluding carboxylic acids is 1. The summed E-state index contributed by atoms with van der Waals surface area (Å²) < 4.78 is 5.43. The summed E-state index contributed by atoms with van der Waals surface area (Å²) in [5.74, 6) is 0.545. The van der Waals surface area contributed by atoms with Crippen LogP contribution < -0.4 is 5.32 Å². The number of rotatable bonds is 7. The molecule has 0 spiro atoms. The van der Waals surface area contributed by atoms with Gasteiger partial charge in [0.15, 0.2) is 0 Å². The fraction of sp³-hybridized carbons (Fsp3) is 0.500. The lowest BCUT2D eigenvalue weighted by Gasteiger charge is -2.07. The first kappa shape index (κ1) is 13.7. The Hall–Kier alpha value is -1.35. The van der Waals surface area contributed by atoms with Crippen LogP contribution in [0.3, 0.4) is 0 Å². The van der Waals surface area contributed by atoms with Gasteiger partial charge in [-0.2, -0.15) is 0 Å². The Balaban J connectivity index is 2.09. The molecule has 0 aromatic heterocycles. The summed E-state index contributed by atoms with van der Waals surface area (Å²) in [6.45, 7) is 6.39. The first-order valence-electron chi connectivity index (χ1n) is 6.11. The maximum absolute atomic E-state index is 11.6. The van der Waals surface area contributed by atoms with Crippen LogP contribution in [0.2, 0.25) is 0 Å². The number of ether oxygens (including phenoxy) is 1. The molecule has 0 aliphatic heterocycles. The van der Waals surface area contributed by atoms with E-state index in [1.165, 1.54) is 0 Å². The lowest BCUT2D eigenvalue weighted by Crippen LogP contribution is -2.25. The van der Waals surface area contributed by atoms with Crippen LogP contribution in [0.15, 0.2) is 30.3 Å². The molecular formula is C14H21NO2. The molecule has 1 amide bonds. The molecule has 1 aromatic carbocycles. The fourth-order valence-electron chi connectivity index (χ4n) is 1.39. The number of hydrogen-bond acceptors (Lipinski definition) is 2. The SMILES string of the molecule is CC(C)COCCCNC(=O)c1ccccc1. The van der Waals surface area contributed by atoms with Gasteiger partial charge in [0, 0.05) is 25.3 Å². The van der Waals surface area contributed by atoms with Crippen molar-refractivity contribution in [3.05, 3.63) is 35.9 Å². The zero-order chi connectivity index (χ0) is 12.5. The zero-order valence-corrected chi connectivity index (χ0v) is 10.6. The lowest BCUT2D eigenvalue weighted by atomic mass is 10.2. The molecule has 17 heavy (non-hydrogen) atoms. The molecule has 0 aliphatic rings. The predicted molar refractivity (Wildman–Crippen MR) is 69.0 cm³/mol. The standard InChI is InChI=1S/C14H21NO2/c1-12(2)11-17-10-6-9-15-14(16)13-7-4-3-5-8-13/h3-5,7-8,12H,6,9-11H2,1-2H3,(H,15,16). The molecule has 0 heterocycles. The zero-order valence-electron chi connectivity index (χ0n) is 10.6. The molecule has 3 heteroatoms. The van der Waals surface area contributed by atoms with E-state index in [1.807, 2.05) is 30.3 Å². The van der Waals surface area contributed by atoms with Gasteiger partial charge in [0.1, 0.15) is 0 Å². The normalized spacial score (nSPS) is 10.5. The first-order chi connectivity index (χ1) is 8.20. The first-order valence-corrected chi connectivity index (χ1v) is 6.11. The highest BCUT2D eigenvalue weighted by atomic mass is 16.5. The van der Waals surface area contributed by atoms with E-state index in [1.54, 1.807) is 0 Å². The summed E-state index contributed by atoms with van der Waals surface area (Å²) >= 11 is 0. The predicted octanol–water partition coefficient (Wildman–Crippen LogP) is 2.48. The van der Waals surface area contributed by atoms with Crippen molar-refractivity contribution in [2.75, 3.05) is 19.8 Å². The summed E-state index contributed by atoms with van der Waals surface area (Å²) in [5.41, 5.74) is 0.704. The number of benzene rings is 1. The van der Waals surface area contributed by atoms with Gasteiger partial charge in [-0.1, -0.05) is 32.0 Å². The Morgan fingerprint density at radius 1 is 1.29 bits per heavy atom. The Bertz CT molecular complexity index is 322. The van der Waals surface area contributed by atoms with Crippen molar-refractivity contribution in [1.29, 1.82) is 0 Å². The Kier molecular flexibility index (Phi) is 6.33. The van der Waals surface area contributed by atoms with E-state index in [0.29, 0.717) is 24.6 Å². The van der Waals surface area contributed by atoms with Crippen molar-refractivity contribution >= 4 is 5.91 Å². The molecule has 94 valence electrons. The molecule has 0 unspecified atom stereocenters. The van der Waals surface area contributed by atoms with Gasteiger partial charge in [-0.25, -0.2) is 0 Å². The second-order valence-electron chi connectivity index (χ2n) is 4.44. The molecule has 1 aromatic rings. The number of carbonyl (C=O) groups is 1. The van der Waals surface area contributed by atoms with Crippen molar-refractivity contribution in [2.45, 2.75) is 20.3 Å². The minimum Gasteiger partial charge on any atom is -0.381 e. The summed E-state index contributed by atoms with van der Waals surface area (Å²) in [6.07, 6.45) is 0.852. The average Bonchev–Trinajstić information content (AvgIpc) is 2.34. The van der Waals surface area contributed by atoms with Crippen LogP contribution in [0.4, 0.5) is 0 Å². The molecule has 1 rings (SSSR count). The van der Waals surface area contributed by atoms with Gasteiger partial charge >= 0.3 is 0 Å². The van der Waals surface area contributed by atoms with Crippen LogP contribution in [0, 0.1) is 5.92 Å². The second-order valence-corrected chi connectivity index (χ2v) is 4.44. The van der Waals surface area contributed by atoms with Crippen LogP contribution >= 0.6 is 0 Å². The third-order valence-electron chi connectivity index (χ3n) is 2.24. The molecule has 1 N–H and O–H groups in total. The van der Waals surface area contributed by atoms with E-state index >= 15 is 0 Å². The molecule has 0 atom stereocenters. The van der Waals surface area contributed by atoms with Crippen LogP contribution in [0.1, 0.15) is 30.6 Å². The van der Waals surface area contributed by atoms with Crippen molar-refractivity contribution < 1.29 is 9.53 Å². The minimum atomic E-state index is -0.0190. The van der Waals surface area contributed by atoms with E-state index < -0.39 is 0 Å². The molecule has 3 nitrogen and oxygen atoms in total. The van der Waals surface area contributed by atoms with Gasteiger partial charge in [0.05, 0.1) is 0 Å². The summed E-state index contributed by atoms with van der Waals surface area (Å²) in [6, 6.07) is 9.24. The van der Waals surface area contributed by atoms with E-state index in [4.69, 9.17) is 4.74 Å². The Labute approximate surface area is 103 Å². The van der Waals surface area contributed by atoms with Crippen LogP contribution in [-0.4, -0.2) is 25.7 Å². The average molecular weight is 235 g/mol. The number of amides is 1. The van der Waals surface area contributed by atoms with Gasteiger partial charge in [0.25, 0.3) is 5.91 Å². The molecule has 0 fully saturated rings. The minimum absolute atomic E-state index is 0.0190. The van der Waals surface area contributed by atoms with E-state index in [2.05, 4.69) is 19.2 Å². The van der Waals surface area contributed by atoms with Crippen molar-refractivity contribution in [3.63, 3.8) is 0 Å². The smallest absolute Gasteiger partial charge is 0.251 e. The van der Waals surface area contributed by atoms with Crippen LogP contribution in [-0.2, 0) is 4.74 Å². The largest absolute Gasteiger partial charge is 0.381 e. The Morgan fingerprint density at radius 3 is 2.65 bits per heavy atom. The summed E-state index contributed by atoms with van der Waals surface area (Å²) in [4.78, 5) is 11.6. The van der Waals surface area contributed by atoms with Crippen molar-refractivity contribution in [2.24, 2.45) is 5.92 Å². The van der Waals surface area contributed by atoms with Crippen LogP contribution in [0.5, 0.6) is 0 Å². The third kappa shape index (κ3) is 6.07. The molecule has 0 saturated carbocycles. The highest BCUT2D eigenvalue weighted by molar-refractivity contribution is 5.94. The van der Waals surface area contributed by atoms with E-state index in [0.717, 1.165) is 13.0 Å². The molecule has 0 aliphatic carbocycles. The lowest BCUT2D eigenvalue weighted by molar-refractivity contribution is 0.0925. The van der Waals surface area contributed by atoms with Crippen molar-refractivity contribution in [3.8, 4) is 0 Å². The van der Waals surface area contributed by atoms with Gasteiger partial charge in [0.2, 0.25) is 0 Å². The topological polar surface area (TPSA) is 38.3 Å². The number of nitrogens with one attached hydrogen (secondary N) is 1. The number of hydrogen-bond donors (Lipinski definition) is 1. The van der Waals surface area contributed by atoms with Gasteiger partial charge in [-0.05, 0) is 24.5 Å². The van der Waals surface area contributed by atoms with E-state index in [-0.39, 0.29) is 5.91 Å². The van der Waals surface area contributed by atoms with Crippen LogP contribution in [0.25, 0.3) is 0 Å². The fourth-order valence-corrected chi connectivity index (χ4v) is 1.39. The third-order valence-corrected chi connectivity index (χ3v) is 2.24. The highest BCUT2D eigenvalue weighted by Gasteiger charge is 2.02. The van der Waals surface area contributed by atoms with E-state index in [9.17, 15) is 4.79 Å². The molecular weight excluding hydrogens is 214 g/mol. The van der Waals surface area contributed by atoms with Crippen molar-refractivity contribution in [1.82, 2.24) is 5.32 Å². The quantitative estimate of drug-likeness (QED) is 0.737. The monoisotopic (exact) mass is 235 g/mol. The molecule has 0 saturated heterocycles. The Morgan fingerprint density at radius 2 is 2.00 bits per heavy atom. The second kappa shape index (κ2) is 7.85. The molecule has 0 radical (unpaired) electrons. The highest BCUT2D eigenvalue weighted by Crippen LogP contribution is 1.98. The van der Waals surface area contributed by atoms with Gasteiger partial charge in [-0.3, -0.25) is 4.79 Å². The van der Waals surface area contributed by atoms with Gasteiger partial charge < -0.3 is 10.1 Å². The van der Waals surface area contributed by atoms with Gasteiger partial charge in [-0.15, -0.1) is 0 Å². The maximum atomic E-state index is 11.6. The maximum Gasteiger partial charge on any atom is 0.251 e. The molecule has 0 bridgehead atoms.